The van der Waals surface area contributed by atoms with Crippen LogP contribution in [0.25, 0.3) is 64.0 Å². The van der Waals surface area contributed by atoms with E-state index in [9.17, 15) is 0 Å². The molecule has 10 aromatic rings. The quantitative estimate of drug-likeness (QED) is 0.178. The minimum absolute atomic E-state index is 0.409. The molecule has 9 aromatic carbocycles. The minimum Gasteiger partial charge on any atom is -0.309 e. The normalized spacial score (nSPS) is 13.4. The van der Waals surface area contributed by atoms with Gasteiger partial charge in [0.05, 0.1) is 15.8 Å². The Morgan fingerprint density at radius 3 is 1.70 bits per heavy atom. The van der Waals surface area contributed by atoms with Crippen LogP contribution in [0.5, 0.6) is 0 Å². The first-order chi connectivity index (χ1) is 26.3. The summed E-state index contributed by atoms with van der Waals surface area (Å²) >= 11 is 1.88. The summed E-state index contributed by atoms with van der Waals surface area (Å²) < 4.78 is 2.61. The van der Waals surface area contributed by atoms with Crippen LogP contribution in [-0.4, -0.2) is 0 Å². The second-order valence-electron chi connectivity index (χ2n) is 14.4. The average Bonchev–Trinajstić information content (AvgIpc) is 3.84. The molecule has 2 aliphatic rings. The van der Waals surface area contributed by atoms with E-state index >= 15 is 0 Å². The molecule has 246 valence electrons. The predicted molar refractivity (Wildman–Crippen MR) is 225 cm³/mol. The Morgan fingerprint density at radius 2 is 0.943 bits per heavy atom. The Labute approximate surface area is 311 Å². The van der Waals surface area contributed by atoms with Gasteiger partial charge in [-0.2, -0.15) is 0 Å². The molecule has 0 atom stereocenters. The van der Waals surface area contributed by atoms with Gasteiger partial charge in [0.15, 0.2) is 0 Å². The summed E-state index contributed by atoms with van der Waals surface area (Å²) in [6, 6.07) is 70.3. The van der Waals surface area contributed by atoms with Gasteiger partial charge in [0.25, 0.3) is 0 Å². The van der Waals surface area contributed by atoms with Crippen LogP contribution in [0.2, 0.25) is 0 Å². The second-order valence-corrected chi connectivity index (χ2v) is 15.5. The summed E-state index contributed by atoms with van der Waals surface area (Å²) in [6.45, 7) is 0. The van der Waals surface area contributed by atoms with Crippen molar-refractivity contribution in [3.05, 3.63) is 210 Å². The average molecular weight is 690 g/mol. The van der Waals surface area contributed by atoms with Crippen LogP contribution in [-0.2, 0) is 5.41 Å². The van der Waals surface area contributed by atoms with Crippen LogP contribution in [0.15, 0.2) is 188 Å². The molecule has 1 spiro atoms. The lowest BCUT2D eigenvalue weighted by Crippen LogP contribution is -2.25. The molecule has 1 nitrogen and oxygen atoms in total. The first-order valence-electron chi connectivity index (χ1n) is 18.3. The van der Waals surface area contributed by atoms with Gasteiger partial charge >= 0.3 is 0 Å². The molecule has 0 saturated carbocycles. The molecule has 0 amide bonds. The van der Waals surface area contributed by atoms with Gasteiger partial charge in [0, 0.05) is 26.8 Å². The van der Waals surface area contributed by atoms with E-state index in [2.05, 4.69) is 193 Å². The molecule has 1 heterocycles. The van der Waals surface area contributed by atoms with Crippen LogP contribution in [0, 0.1) is 0 Å². The van der Waals surface area contributed by atoms with Crippen molar-refractivity contribution in [2.75, 3.05) is 4.90 Å². The van der Waals surface area contributed by atoms with Crippen LogP contribution in [0.1, 0.15) is 22.3 Å². The molecule has 0 aliphatic heterocycles. The molecule has 0 unspecified atom stereocenters. The lowest BCUT2D eigenvalue weighted by molar-refractivity contribution is 0.796. The van der Waals surface area contributed by atoms with Crippen molar-refractivity contribution in [3.8, 4) is 22.3 Å². The smallest absolute Gasteiger partial charge is 0.0725 e. The van der Waals surface area contributed by atoms with Crippen molar-refractivity contribution < 1.29 is 0 Å². The van der Waals surface area contributed by atoms with Crippen LogP contribution < -0.4 is 4.90 Å². The van der Waals surface area contributed by atoms with Gasteiger partial charge < -0.3 is 4.90 Å². The van der Waals surface area contributed by atoms with Gasteiger partial charge in [0.2, 0.25) is 0 Å². The molecular weight excluding hydrogens is 659 g/mol. The van der Waals surface area contributed by atoms with E-state index in [0.29, 0.717) is 0 Å². The van der Waals surface area contributed by atoms with Crippen molar-refractivity contribution in [1.29, 1.82) is 0 Å². The fourth-order valence-corrected chi connectivity index (χ4v) is 10.8. The fourth-order valence-electron chi connectivity index (χ4n) is 9.60. The molecule has 0 saturated heterocycles. The number of rotatable bonds is 3. The second kappa shape index (κ2) is 10.8. The molecule has 0 fully saturated rings. The van der Waals surface area contributed by atoms with Crippen LogP contribution in [0.3, 0.4) is 0 Å². The van der Waals surface area contributed by atoms with Crippen LogP contribution >= 0.6 is 11.3 Å². The molecule has 12 rings (SSSR count). The summed E-state index contributed by atoms with van der Waals surface area (Å²) in [5.41, 5.74) is 13.9. The topological polar surface area (TPSA) is 3.24 Å². The minimum atomic E-state index is -0.409. The Bertz CT molecular complexity index is 3090. The third-order valence-corrected chi connectivity index (χ3v) is 13.0. The Kier molecular flexibility index (Phi) is 5.92. The summed E-state index contributed by atoms with van der Waals surface area (Å²) in [4.78, 5) is 2.45. The number of fused-ring (bicyclic) bond motifs is 15. The van der Waals surface area contributed by atoms with Crippen molar-refractivity contribution in [2.24, 2.45) is 0 Å². The summed E-state index contributed by atoms with van der Waals surface area (Å²) in [5.74, 6) is 0. The van der Waals surface area contributed by atoms with Gasteiger partial charge in [0.1, 0.15) is 0 Å². The Hall–Kier alpha value is -6.48. The van der Waals surface area contributed by atoms with E-state index in [1.54, 1.807) is 0 Å². The maximum Gasteiger partial charge on any atom is 0.0725 e. The number of hydrogen-bond donors (Lipinski definition) is 0. The number of benzene rings is 9. The van der Waals surface area contributed by atoms with E-state index in [-0.39, 0.29) is 0 Å². The first kappa shape index (κ1) is 29.1. The highest BCUT2D eigenvalue weighted by molar-refractivity contribution is 7.26. The van der Waals surface area contributed by atoms with E-state index < -0.39 is 5.41 Å². The van der Waals surface area contributed by atoms with Gasteiger partial charge in [-0.05, 0) is 127 Å². The summed E-state index contributed by atoms with van der Waals surface area (Å²) in [6.07, 6.45) is 0. The molecular formula is C51H31NS. The van der Waals surface area contributed by atoms with Crippen molar-refractivity contribution in [3.63, 3.8) is 0 Å². The summed E-state index contributed by atoms with van der Waals surface area (Å²) in [5, 5.41) is 7.65. The molecule has 0 bridgehead atoms. The molecule has 1 aromatic heterocycles. The lowest BCUT2D eigenvalue weighted by atomic mass is 9.70. The highest BCUT2D eigenvalue weighted by atomic mass is 32.1. The van der Waals surface area contributed by atoms with Gasteiger partial charge in [-0.1, -0.05) is 127 Å². The maximum absolute atomic E-state index is 2.51. The number of nitrogens with zero attached hydrogens (tertiary/aromatic N) is 1. The van der Waals surface area contributed by atoms with E-state index in [1.165, 1.54) is 91.9 Å². The fraction of sp³-hybridized carbons (Fsp3) is 0.0196. The monoisotopic (exact) mass is 689 g/mol. The van der Waals surface area contributed by atoms with Gasteiger partial charge in [-0.25, -0.2) is 0 Å². The Morgan fingerprint density at radius 1 is 0.358 bits per heavy atom. The van der Waals surface area contributed by atoms with Gasteiger partial charge in [-0.3, -0.25) is 0 Å². The standard InChI is InChI=1S/C51H31NS/c1-2-15-36(16-3-1)52(48-23-12-20-41-40-19-8-11-24-49(40)53-50(41)48)37-26-25-34-29-43-42-28-32-13-4-5-14-33(32)30-46(42)51(47(43)31-35(34)27-37)44-21-9-6-17-38(44)39-18-7-10-22-45(39)51/h1-31H. The molecule has 0 radical (unpaired) electrons. The zero-order valence-electron chi connectivity index (χ0n) is 28.8. The van der Waals surface area contributed by atoms with Crippen molar-refractivity contribution in [2.45, 2.75) is 5.41 Å². The van der Waals surface area contributed by atoms with E-state index in [1.807, 2.05) is 11.3 Å². The predicted octanol–water partition coefficient (Wildman–Crippen LogP) is 14.2. The van der Waals surface area contributed by atoms with Crippen molar-refractivity contribution in [1.82, 2.24) is 0 Å². The highest BCUT2D eigenvalue weighted by Gasteiger charge is 2.51. The molecule has 53 heavy (non-hydrogen) atoms. The summed E-state index contributed by atoms with van der Waals surface area (Å²) in [7, 11) is 0. The van der Waals surface area contributed by atoms with E-state index in [0.717, 1.165) is 11.4 Å². The molecule has 0 N–H and O–H groups in total. The SMILES string of the molecule is c1ccc(N(c2ccc3cc4c(cc3c2)C2(c3ccccc3-c3ccccc32)c2cc3ccccc3cc2-4)c2cccc3c2sc2ccccc23)cc1. The maximum atomic E-state index is 2.51. The van der Waals surface area contributed by atoms with Gasteiger partial charge in [-0.15, -0.1) is 11.3 Å². The van der Waals surface area contributed by atoms with E-state index in [4.69, 9.17) is 0 Å². The third kappa shape index (κ3) is 3.91. The Balaban J connectivity index is 1.14. The largest absolute Gasteiger partial charge is 0.309 e. The zero-order chi connectivity index (χ0) is 34.7. The number of hydrogen-bond acceptors (Lipinski definition) is 2. The lowest BCUT2D eigenvalue weighted by Gasteiger charge is -2.31. The number of para-hydroxylation sites is 1. The molecule has 2 heteroatoms. The number of thiophene rings is 1. The van der Waals surface area contributed by atoms with Crippen LogP contribution in [0.4, 0.5) is 17.1 Å². The number of anilines is 3. The highest BCUT2D eigenvalue weighted by Crippen LogP contribution is 2.63. The molecule has 2 aliphatic carbocycles. The van der Waals surface area contributed by atoms with Crippen molar-refractivity contribution >= 4 is 70.1 Å². The third-order valence-electron chi connectivity index (χ3n) is 11.8. The first-order valence-corrected chi connectivity index (χ1v) is 19.2. The zero-order valence-corrected chi connectivity index (χ0v) is 29.6.